The molecule has 31 heavy (non-hydrogen) atoms. The summed E-state index contributed by atoms with van der Waals surface area (Å²) in [6, 6.07) is 5.88. The third-order valence-corrected chi connectivity index (χ3v) is 5.90. The van der Waals surface area contributed by atoms with E-state index in [2.05, 4.69) is 10.6 Å². The highest BCUT2D eigenvalue weighted by atomic mass is 32.2. The molecule has 0 radical (unpaired) electrons. The number of aliphatic carboxylic acids is 1. The van der Waals surface area contributed by atoms with Gasteiger partial charge in [0, 0.05) is 10.9 Å². The first-order valence-corrected chi connectivity index (χ1v) is 10.7. The largest absolute Gasteiger partial charge is 0.477 e. The fourth-order valence-corrected chi connectivity index (χ4v) is 4.60. The number of carbonyl (C=O) groups is 4. The van der Waals surface area contributed by atoms with Crippen LogP contribution in [0.5, 0.6) is 0 Å². The number of carboxylic acids is 1. The van der Waals surface area contributed by atoms with Crippen LogP contribution >= 0.6 is 11.8 Å². The first kappa shape index (κ1) is 22.7. The number of β-lactam (4-membered cyclic amide) rings is 1. The number of para-hydroxylation sites is 1. The number of thioether (sulfide) groups is 1. The van der Waals surface area contributed by atoms with Gasteiger partial charge in [0.05, 0.1) is 12.1 Å². The second-order valence-corrected chi connectivity index (χ2v) is 9.74. The molecule has 1 aromatic rings. The predicted octanol–water partition coefficient (Wildman–Crippen LogP) is 1.81. The van der Waals surface area contributed by atoms with Crippen molar-refractivity contribution in [3.8, 4) is 0 Å². The van der Waals surface area contributed by atoms with Crippen molar-refractivity contribution in [1.82, 2.24) is 10.2 Å². The average Bonchev–Trinajstić information content (AvgIpc) is 2.68. The van der Waals surface area contributed by atoms with Gasteiger partial charge in [-0.15, -0.1) is 11.8 Å². The summed E-state index contributed by atoms with van der Waals surface area (Å²) in [7, 11) is 0. The summed E-state index contributed by atoms with van der Waals surface area (Å²) in [6.45, 7) is 6.97. The van der Waals surface area contributed by atoms with Gasteiger partial charge in [0.1, 0.15) is 22.7 Å². The molecule has 0 spiro atoms. The molecule has 1 aromatic carbocycles. The van der Waals surface area contributed by atoms with E-state index in [-0.39, 0.29) is 17.5 Å². The Morgan fingerprint density at radius 1 is 1.23 bits per heavy atom. The van der Waals surface area contributed by atoms with Crippen LogP contribution in [-0.2, 0) is 19.1 Å². The number of carbonyl (C=O) groups excluding carboxylic acids is 3. The lowest BCUT2D eigenvalue weighted by Gasteiger charge is -2.49. The van der Waals surface area contributed by atoms with E-state index in [1.54, 1.807) is 45.0 Å². The van der Waals surface area contributed by atoms with Crippen molar-refractivity contribution in [2.45, 2.75) is 50.0 Å². The predicted molar refractivity (Wildman–Crippen MR) is 115 cm³/mol. The molecule has 9 nitrogen and oxygen atoms in total. The first-order chi connectivity index (χ1) is 14.5. The molecule has 3 atom stereocenters. The van der Waals surface area contributed by atoms with Gasteiger partial charge < -0.3 is 20.5 Å². The van der Waals surface area contributed by atoms with Gasteiger partial charge in [0.15, 0.2) is 0 Å². The fraction of sp³-hybridized carbons (Fsp3) is 0.429. The number of amides is 2. The number of esters is 1. The number of hydrogen-bond donors (Lipinski definition) is 3. The third-order valence-electron chi connectivity index (χ3n) is 4.57. The van der Waals surface area contributed by atoms with E-state index >= 15 is 0 Å². The highest BCUT2D eigenvalue weighted by molar-refractivity contribution is 8.00. The molecule has 0 bridgehead atoms. The Kier molecular flexibility index (Phi) is 6.30. The van der Waals surface area contributed by atoms with Crippen LogP contribution in [0.15, 0.2) is 36.0 Å². The zero-order valence-electron chi connectivity index (χ0n) is 17.7. The lowest BCUT2D eigenvalue weighted by Crippen LogP contribution is -2.70. The molecule has 3 rings (SSSR count). The molecule has 2 amide bonds. The molecular formula is C21H25N3O6S. The van der Waals surface area contributed by atoms with E-state index < -0.39 is 40.8 Å². The van der Waals surface area contributed by atoms with Gasteiger partial charge in [0.25, 0.3) is 5.91 Å². The molecule has 10 heteroatoms. The molecule has 2 aliphatic rings. The van der Waals surface area contributed by atoms with Crippen molar-refractivity contribution in [3.05, 3.63) is 41.6 Å². The Balaban J connectivity index is 1.61. The number of rotatable bonds is 6. The van der Waals surface area contributed by atoms with Crippen molar-refractivity contribution in [1.29, 1.82) is 0 Å². The third kappa shape index (κ3) is 5.01. The van der Waals surface area contributed by atoms with Crippen LogP contribution in [0, 0.1) is 0 Å². The molecular weight excluding hydrogens is 422 g/mol. The van der Waals surface area contributed by atoms with Crippen LogP contribution in [-0.4, -0.2) is 62.6 Å². The van der Waals surface area contributed by atoms with Crippen LogP contribution in [0.3, 0.4) is 0 Å². The Morgan fingerprint density at radius 2 is 1.90 bits per heavy atom. The number of benzene rings is 1. The average molecular weight is 448 g/mol. The maximum absolute atomic E-state index is 12.4. The monoisotopic (exact) mass is 447 g/mol. The van der Waals surface area contributed by atoms with Gasteiger partial charge in [0.2, 0.25) is 5.91 Å². The highest BCUT2D eigenvalue weighted by Gasteiger charge is 2.53. The van der Waals surface area contributed by atoms with Crippen molar-refractivity contribution in [3.63, 3.8) is 0 Å². The minimum Gasteiger partial charge on any atom is -0.477 e. The van der Waals surface area contributed by atoms with Gasteiger partial charge in [-0.3, -0.25) is 14.5 Å². The number of hydrogen-bond acceptors (Lipinski definition) is 7. The number of ether oxygens (including phenoxy) is 1. The zero-order valence-corrected chi connectivity index (χ0v) is 18.5. The quantitative estimate of drug-likeness (QED) is 0.445. The van der Waals surface area contributed by atoms with E-state index in [0.29, 0.717) is 11.3 Å². The van der Waals surface area contributed by atoms with E-state index in [9.17, 15) is 24.3 Å². The van der Waals surface area contributed by atoms with Gasteiger partial charge in [-0.2, -0.15) is 0 Å². The van der Waals surface area contributed by atoms with Gasteiger partial charge >= 0.3 is 11.9 Å². The number of carboxylic acid groups (broad SMARTS) is 1. The van der Waals surface area contributed by atoms with Crippen LogP contribution in [0.1, 0.15) is 38.1 Å². The van der Waals surface area contributed by atoms with Crippen LogP contribution in [0.4, 0.5) is 5.69 Å². The summed E-state index contributed by atoms with van der Waals surface area (Å²) >= 11 is 1.41. The van der Waals surface area contributed by atoms with E-state index in [1.165, 1.54) is 22.7 Å². The smallest absolute Gasteiger partial charge is 0.352 e. The van der Waals surface area contributed by atoms with E-state index in [1.807, 2.05) is 6.92 Å². The van der Waals surface area contributed by atoms with E-state index in [4.69, 9.17) is 4.74 Å². The molecule has 2 aliphatic heterocycles. The minimum absolute atomic E-state index is 0.0591. The van der Waals surface area contributed by atoms with E-state index in [0.717, 1.165) is 0 Å². The van der Waals surface area contributed by atoms with Gasteiger partial charge in [-0.25, -0.2) is 9.59 Å². The molecule has 0 saturated carbocycles. The molecule has 1 fully saturated rings. The summed E-state index contributed by atoms with van der Waals surface area (Å²) in [5.41, 5.74) is 0.0150. The number of fused-ring (bicyclic) bond motifs is 1. The lowest BCUT2D eigenvalue weighted by molar-refractivity contribution is -0.150. The summed E-state index contributed by atoms with van der Waals surface area (Å²) in [4.78, 5) is 49.9. The molecule has 3 N–H and O–H groups in total. The molecule has 1 saturated heterocycles. The number of anilines is 1. The van der Waals surface area contributed by atoms with Crippen LogP contribution in [0.2, 0.25) is 0 Å². The molecule has 2 unspecified atom stereocenters. The molecule has 166 valence electrons. The second kappa shape index (κ2) is 8.62. The Morgan fingerprint density at radius 3 is 2.55 bits per heavy atom. The summed E-state index contributed by atoms with van der Waals surface area (Å²) in [5, 5.41) is 14.3. The molecule has 0 aromatic heterocycles. The maximum atomic E-state index is 12.4. The fourth-order valence-electron chi connectivity index (χ4n) is 3.28. The van der Waals surface area contributed by atoms with Gasteiger partial charge in [-0.05, 0) is 45.9 Å². The topological polar surface area (TPSA) is 125 Å². The summed E-state index contributed by atoms with van der Waals surface area (Å²) in [5.74, 6) is -2.59. The highest BCUT2D eigenvalue weighted by Crippen LogP contribution is 2.40. The van der Waals surface area contributed by atoms with Crippen LogP contribution in [0.25, 0.3) is 0 Å². The van der Waals surface area contributed by atoms with Crippen molar-refractivity contribution in [2.24, 2.45) is 0 Å². The second-order valence-electron chi connectivity index (χ2n) is 8.24. The maximum Gasteiger partial charge on any atom is 0.352 e. The van der Waals surface area contributed by atoms with Crippen molar-refractivity contribution in [2.75, 3.05) is 11.9 Å². The van der Waals surface area contributed by atoms with Crippen LogP contribution < -0.4 is 10.6 Å². The SMILES string of the molecule is CC1C=C(C(=O)O)N2C(=O)C(NC(=O)CNc3ccccc3C(=O)OC(C)(C)C)[C@H]2S1. The minimum atomic E-state index is -1.17. The standard InChI is InChI=1S/C21H25N3O6S/c1-11-9-14(19(27)28)24-17(26)16(18(24)31-11)23-15(25)10-22-13-8-6-5-7-12(13)20(29)30-21(2,3)4/h5-9,11,16,18,22H,10H2,1-4H3,(H,23,25)(H,27,28)/t11?,16?,18-/m1/s1. The normalized spacial score (nSPS) is 22.6. The molecule has 0 aliphatic carbocycles. The number of nitrogens with one attached hydrogen (secondary N) is 2. The zero-order chi connectivity index (χ0) is 22.9. The first-order valence-electron chi connectivity index (χ1n) is 9.77. The number of nitrogens with zero attached hydrogens (tertiary/aromatic N) is 1. The van der Waals surface area contributed by atoms with Crippen molar-refractivity contribution >= 4 is 41.2 Å². The summed E-state index contributed by atoms with van der Waals surface area (Å²) < 4.78 is 5.39. The molecule has 2 heterocycles. The summed E-state index contributed by atoms with van der Waals surface area (Å²) in [6.07, 6.45) is 1.52. The van der Waals surface area contributed by atoms with Gasteiger partial charge in [-0.1, -0.05) is 12.1 Å². The van der Waals surface area contributed by atoms with Crippen molar-refractivity contribution < 1.29 is 29.0 Å². The Hall–Kier alpha value is -3.01. The Bertz CT molecular complexity index is 955. The lowest BCUT2D eigenvalue weighted by atomic mass is 10.0. The Labute approximate surface area is 184 Å².